The van der Waals surface area contributed by atoms with E-state index in [-0.39, 0.29) is 24.5 Å². The first-order valence-corrected chi connectivity index (χ1v) is 11.5. The molecule has 1 amide bonds. The molecule has 2 aromatic rings. The van der Waals surface area contributed by atoms with Crippen molar-refractivity contribution in [3.8, 4) is 5.75 Å². The number of sulfonamides is 1. The molecule has 1 aliphatic heterocycles. The fourth-order valence-corrected chi connectivity index (χ4v) is 4.26. The Bertz CT molecular complexity index is 916. The largest absolute Gasteiger partial charge is 0.497 e. The minimum Gasteiger partial charge on any atom is -0.497 e. The van der Waals surface area contributed by atoms with Crippen molar-refractivity contribution in [2.24, 2.45) is 5.14 Å². The van der Waals surface area contributed by atoms with Crippen LogP contribution in [0.3, 0.4) is 0 Å². The number of amides is 1. The SMILES string of the molecule is COc1ccc(Cn2ccnc2C2CCN(C(=O)CCCS(N)(=O)=O)CC2)cc1. The molecule has 0 unspecified atom stereocenters. The number of benzene rings is 1. The lowest BCUT2D eigenvalue weighted by molar-refractivity contribution is -0.132. The van der Waals surface area contributed by atoms with Crippen molar-refractivity contribution < 1.29 is 17.9 Å². The number of rotatable bonds is 8. The molecule has 1 aromatic carbocycles. The van der Waals surface area contributed by atoms with E-state index >= 15 is 0 Å². The number of ether oxygens (including phenoxy) is 1. The maximum Gasteiger partial charge on any atom is 0.222 e. The number of carbonyl (C=O) groups excluding carboxylic acids is 1. The van der Waals surface area contributed by atoms with Crippen molar-refractivity contribution >= 4 is 15.9 Å². The van der Waals surface area contributed by atoms with Crippen molar-refractivity contribution in [3.05, 3.63) is 48.0 Å². The molecule has 158 valence electrons. The molecule has 29 heavy (non-hydrogen) atoms. The van der Waals surface area contributed by atoms with E-state index in [9.17, 15) is 13.2 Å². The van der Waals surface area contributed by atoms with Gasteiger partial charge in [0.1, 0.15) is 11.6 Å². The summed E-state index contributed by atoms with van der Waals surface area (Å²) >= 11 is 0. The number of primary sulfonamides is 1. The van der Waals surface area contributed by atoms with Gasteiger partial charge in [-0.15, -0.1) is 0 Å². The van der Waals surface area contributed by atoms with Gasteiger partial charge in [-0.05, 0) is 37.0 Å². The van der Waals surface area contributed by atoms with Crippen LogP contribution in [0.15, 0.2) is 36.7 Å². The molecule has 1 saturated heterocycles. The van der Waals surface area contributed by atoms with Gasteiger partial charge in [-0.25, -0.2) is 18.5 Å². The number of methoxy groups -OCH3 is 1. The highest BCUT2D eigenvalue weighted by Gasteiger charge is 2.26. The van der Waals surface area contributed by atoms with Gasteiger partial charge >= 0.3 is 0 Å². The Kier molecular flexibility index (Phi) is 6.92. The molecular weight excluding hydrogens is 392 g/mol. The Labute approximate surface area is 171 Å². The van der Waals surface area contributed by atoms with Crippen LogP contribution < -0.4 is 9.88 Å². The van der Waals surface area contributed by atoms with Gasteiger partial charge in [0.05, 0.1) is 12.9 Å². The van der Waals surface area contributed by atoms with Crippen LogP contribution in [0, 0.1) is 0 Å². The summed E-state index contributed by atoms with van der Waals surface area (Å²) in [5.41, 5.74) is 1.17. The van der Waals surface area contributed by atoms with Crippen LogP contribution in [0.5, 0.6) is 5.75 Å². The lowest BCUT2D eigenvalue weighted by Crippen LogP contribution is -2.38. The van der Waals surface area contributed by atoms with Crippen LogP contribution in [-0.4, -0.2) is 54.7 Å². The average Bonchev–Trinajstić information content (AvgIpc) is 3.16. The van der Waals surface area contributed by atoms with Gasteiger partial charge in [0, 0.05) is 44.4 Å². The standard InChI is InChI=1S/C20H28N4O4S/c1-28-18-6-4-16(5-7-18)15-24-13-10-22-20(24)17-8-11-23(12-9-17)19(25)3-2-14-29(21,26)27/h4-7,10,13,17H,2-3,8-9,11-12,14-15H2,1H3,(H2,21,26,27). The molecular formula is C20H28N4O4S. The van der Waals surface area contributed by atoms with Gasteiger partial charge in [-0.2, -0.15) is 0 Å². The Balaban J connectivity index is 1.53. The second-order valence-electron chi connectivity index (χ2n) is 7.39. The molecule has 0 bridgehead atoms. The molecule has 0 aliphatic carbocycles. The summed E-state index contributed by atoms with van der Waals surface area (Å²) in [6.45, 7) is 2.06. The van der Waals surface area contributed by atoms with E-state index in [1.807, 2.05) is 41.6 Å². The highest BCUT2D eigenvalue weighted by Crippen LogP contribution is 2.28. The summed E-state index contributed by atoms with van der Waals surface area (Å²) in [6.07, 6.45) is 5.99. The number of aromatic nitrogens is 2. The molecule has 2 heterocycles. The number of piperidine rings is 1. The topological polar surface area (TPSA) is 108 Å². The molecule has 0 atom stereocenters. The van der Waals surface area contributed by atoms with Crippen molar-refractivity contribution in [2.75, 3.05) is 26.0 Å². The van der Waals surface area contributed by atoms with Gasteiger partial charge in [-0.3, -0.25) is 4.79 Å². The molecule has 0 saturated carbocycles. The lowest BCUT2D eigenvalue weighted by Gasteiger charge is -2.32. The van der Waals surface area contributed by atoms with Crippen molar-refractivity contribution in [1.29, 1.82) is 0 Å². The van der Waals surface area contributed by atoms with Crippen LogP contribution in [0.25, 0.3) is 0 Å². The average molecular weight is 421 g/mol. The van der Waals surface area contributed by atoms with E-state index in [0.29, 0.717) is 19.0 Å². The number of nitrogens with two attached hydrogens (primary N) is 1. The third-order valence-corrected chi connectivity index (χ3v) is 6.15. The first-order chi connectivity index (χ1) is 13.9. The van der Waals surface area contributed by atoms with E-state index in [0.717, 1.165) is 31.0 Å². The lowest BCUT2D eigenvalue weighted by atomic mass is 9.95. The molecule has 1 fully saturated rings. The smallest absolute Gasteiger partial charge is 0.222 e. The van der Waals surface area contributed by atoms with Gasteiger partial charge < -0.3 is 14.2 Å². The first-order valence-electron chi connectivity index (χ1n) is 9.78. The van der Waals surface area contributed by atoms with E-state index < -0.39 is 10.0 Å². The highest BCUT2D eigenvalue weighted by atomic mass is 32.2. The normalized spacial score (nSPS) is 15.4. The summed E-state index contributed by atoms with van der Waals surface area (Å²) in [4.78, 5) is 18.7. The second-order valence-corrected chi connectivity index (χ2v) is 9.12. The minimum absolute atomic E-state index is 0.00586. The molecule has 0 spiro atoms. The van der Waals surface area contributed by atoms with Crippen LogP contribution in [0.4, 0.5) is 0 Å². The Hall–Kier alpha value is -2.39. The predicted octanol–water partition coefficient (Wildman–Crippen LogP) is 1.71. The van der Waals surface area contributed by atoms with Crippen molar-refractivity contribution in [1.82, 2.24) is 14.5 Å². The zero-order valence-corrected chi connectivity index (χ0v) is 17.5. The van der Waals surface area contributed by atoms with Gasteiger partial charge in [0.2, 0.25) is 15.9 Å². The van der Waals surface area contributed by atoms with Crippen LogP contribution in [-0.2, 0) is 21.4 Å². The number of hydrogen-bond acceptors (Lipinski definition) is 5. The fourth-order valence-electron chi connectivity index (χ4n) is 3.71. The third kappa shape index (κ3) is 6.04. The maximum atomic E-state index is 12.3. The van der Waals surface area contributed by atoms with Gasteiger partial charge in [0.15, 0.2) is 0 Å². The molecule has 8 nitrogen and oxygen atoms in total. The predicted molar refractivity (Wildman–Crippen MR) is 110 cm³/mol. The molecule has 1 aliphatic rings. The van der Waals surface area contributed by atoms with Crippen LogP contribution >= 0.6 is 0 Å². The van der Waals surface area contributed by atoms with Crippen molar-refractivity contribution in [2.45, 2.75) is 38.1 Å². The van der Waals surface area contributed by atoms with Gasteiger partial charge in [0.25, 0.3) is 0 Å². The Morgan fingerprint density at radius 2 is 1.93 bits per heavy atom. The molecule has 3 rings (SSSR count). The Morgan fingerprint density at radius 3 is 2.55 bits per heavy atom. The summed E-state index contributed by atoms with van der Waals surface area (Å²) < 4.78 is 29.4. The monoisotopic (exact) mass is 420 g/mol. The number of likely N-dealkylation sites (tertiary alicyclic amines) is 1. The Morgan fingerprint density at radius 1 is 1.24 bits per heavy atom. The third-order valence-electron chi connectivity index (χ3n) is 5.29. The zero-order chi connectivity index (χ0) is 20.9. The number of hydrogen-bond donors (Lipinski definition) is 1. The van der Waals surface area contributed by atoms with Gasteiger partial charge in [-0.1, -0.05) is 12.1 Å². The van der Waals surface area contributed by atoms with Crippen LogP contribution in [0.1, 0.15) is 43.0 Å². The number of imidazole rings is 1. The molecule has 9 heteroatoms. The quantitative estimate of drug-likeness (QED) is 0.700. The molecule has 1 aromatic heterocycles. The van der Waals surface area contributed by atoms with E-state index in [1.54, 1.807) is 7.11 Å². The fraction of sp³-hybridized carbons (Fsp3) is 0.500. The number of nitrogens with zero attached hydrogens (tertiary/aromatic N) is 3. The summed E-state index contributed by atoms with van der Waals surface area (Å²) in [7, 11) is -1.86. The van der Waals surface area contributed by atoms with E-state index in [4.69, 9.17) is 9.88 Å². The molecule has 2 N–H and O–H groups in total. The first kappa shape index (κ1) is 21.3. The van der Waals surface area contributed by atoms with Crippen LogP contribution in [0.2, 0.25) is 0 Å². The zero-order valence-electron chi connectivity index (χ0n) is 16.7. The van der Waals surface area contributed by atoms with Crippen molar-refractivity contribution in [3.63, 3.8) is 0 Å². The van der Waals surface area contributed by atoms with E-state index in [2.05, 4.69) is 9.55 Å². The number of carbonyl (C=O) groups is 1. The summed E-state index contributed by atoms with van der Waals surface area (Å²) in [5, 5.41) is 4.99. The van der Waals surface area contributed by atoms with E-state index in [1.165, 1.54) is 5.56 Å². The molecule has 0 radical (unpaired) electrons. The second kappa shape index (κ2) is 9.41. The summed E-state index contributed by atoms with van der Waals surface area (Å²) in [6, 6.07) is 7.99. The maximum absolute atomic E-state index is 12.3. The highest BCUT2D eigenvalue weighted by molar-refractivity contribution is 7.89. The summed E-state index contributed by atoms with van der Waals surface area (Å²) in [5.74, 6) is 2.02. The minimum atomic E-state index is -3.51.